The molecule has 0 aromatic carbocycles. The van der Waals surface area contributed by atoms with Gasteiger partial charge in [0.15, 0.2) is 5.92 Å². The topological polar surface area (TPSA) is 71.1 Å². The molecule has 0 bridgehead atoms. The van der Waals surface area contributed by atoms with Crippen molar-refractivity contribution < 1.29 is 28.5 Å². The molecule has 0 saturated carbocycles. The maximum absolute atomic E-state index is 11.8. The summed E-state index contributed by atoms with van der Waals surface area (Å²) in [6.45, 7) is 8.77. The molecular weight excluding hydrogens is 312 g/mol. The summed E-state index contributed by atoms with van der Waals surface area (Å²) < 4.78 is 20.5. The molecule has 24 heavy (non-hydrogen) atoms. The van der Waals surface area contributed by atoms with Crippen LogP contribution in [0.4, 0.5) is 0 Å². The van der Waals surface area contributed by atoms with Gasteiger partial charge in [0.2, 0.25) is 6.29 Å². The summed E-state index contributed by atoms with van der Waals surface area (Å²) in [4.78, 5) is 23.7. The van der Waals surface area contributed by atoms with E-state index in [-0.39, 0.29) is 13.2 Å². The van der Waals surface area contributed by atoms with E-state index in [1.54, 1.807) is 13.8 Å². The van der Waals surface area contributed by atoms with Crippen LogP contribution in [0.3, 0.4) is 0 Å². The second kappa shape index (κ2) is 15.0. The highest BCUT2D eigenvalue weighted by Crippen LogP contribution is 2.14. The lowest BCUT2D eigenvalue weighted by Crippen LogP contribution is -2.28. The number of carbonyl (C=O) groups is 2. The van der Waals surface area contributed by atoms with Gasteiger partial charge in [0.1, 0.15) is 0 Å². The van der Waals surface area contributed by atoms with Crippen molar-refractivity contribution in [3.05, 3.63) is 0 Å². The highest BCUT2D eigenvalue weighted by atomic mass is 16.7. The Morgan fingerprint density at radius 3 is 1.83 bits per heavy atom. The Hall–Kier alpha value is -1.58. The van der Waals surface area contributed by atoms with Crippen LogP contribution in [0.15, 0.2) is 0 Å². The molecule has 6 heteroatoms. The van der Waals surface area contributed by atoms with Gasteiger partial charge in [0.05, 0.1) is 13.2 Å². The second-order valence-electron chi connectivity index (χ2n) is 4.87. The molecule has 0 saturated heterocycles. The van der Waals surface area contributed by atoms with Crippen LogP contribution in [-0.2, 0) is 28.5 Å². The van der Waals surface area contributed by atoms with E-state index >= 15 is 0 Å². The van der Waals surface area contributed by atoms with Crippen molar-refractivity contribution in [1.82, 2.24) is 0 Å². The van der Waals surface area contributed by atoms with Gasteiger partial charge in [0, 0.05) is 19.6 Å². The minimum Gasteiger partial charge on any atom is -0.465 e. The van der Waals surface area contributed by atoms with E-state index in [0.29, 0.717) is 32.5 Å². The molecule has 0 unspecified atom stereocenters. The number of hydrogen-bond acceptors (Lipinski definition) is 6. The zero-order chi connectivity index (χ0) is 18.2. The molecule has 0 atom stereocenters. The number of esters is 2. The van der Waals surface area contributed by atoms with Crippen molar-refractivity contribution in [2.24, 2.45) is 5.92 Å². The largest absolute Gasteiger partial charge is 0.465 e. The van der Waals surface area contributed by atoms with Gasteiger partial charge in [-0.05, 0) is 46.5 Å². The lowest BCUT2D eigenvalue weighted by atomic mass is 10.0. The smallest absolute Gasteiger partial charge is 0.320 e. The van der Waals surface area contributed by atoms with Gasteiger partial charge in [-0.15, -0.1) is 0 Å². The number of unbranched alkanes of at least 4 members (excludes halogenated alkanes) is 2. The van der Waals surface area contributed by atoms with Crippen LogP contribution >= 0.6 is 0 Å². The third-order valence-corrected chi connectivity index (χ3v) is 3.04. The Balaban J connectivity index is 4.28. The Morgan fingerprint density at radius 2 is 1.38 bits per heavy atom. The minimum absolute atomic E-state index is 0.246. The fourth-order valence-electron chi connectivity index (χ4n) is 1.97. The standard InChI is InChI=1S/C18H30O6/c1-5-21-16(22-6-2)14-12-10-9-11-13-15(17(19)23-7-3)18(20)24-8-4/h15-16H,5-11,13H2,1-4H3. The van der Waals surface area contributed by atoms with E-state index in [0.717, 1.165) is 6.42 Å². The lowest BCUT2D eigenvalue weighted by Gasteiger charge is -2.13. The van der Waals surface area contributed by atoms with Crippen molar-refractivity contribution in [2.75, 3.05) is 26.4 Å². The molecule has 0 aliphatic rings. The maximum Gasteiger partial charge on any atom is 0.320 e. The first-order valence-electron chi connectivity index (χ1n) is 8.65. The summed E-state index contributed by atoms with van der Waals surface area (Å²) in [5.41, 5.74) is 0. The van der Waals surface area contributed by atoms with E-state index < -0.39 is 24.1 Å². The van der Waals surface area contributed by atoms with E-state index in [9.17, 15) is 9.59 Å². The van der Waals surface area contributed by atoms with E-state index in [2.05, 4.69) is 11.8 Å². The first kappa shape index (κ1) is 22.4. The van der Waals surface area contributed by atoms with Gasteiger partial charge in [-0.25, -0.2) is 0 Å². The predicted octanol–water partition coefficient (Wildman–Crippen LogP) is 2.69. The van der Waals surface area contributed by atoms with Gasteiger partial charge in [-0.2, -0.15) is 0 Å². The summed E-state index contributed by atoms with van der Waals surface area (Å²) in [5, 5.41) is 0. The number of carbonyl (C=O) groups excluding carboxylic acids is 2. The normalized spacial score (nSPS) is 10.4. The number of hydrogen-bond donors (Lipinski definition) is 0. The molecule has 0 aliphatic heterocycles. The van der Waals surface area contributed by atoms with Crippen molar-refractivity contribution >= 4 is 11.9 Å². The summed E-state index contributed by atoms with van der Waals surface area (Å²) in [6, 6.07) is 0. The van der Waals surface area contributed by atoms with Crippen molar-refractivity contribution in [2.45, 2.75) is 59.7 Å². The predicted molar refractivity (Wildman–Crippen MR) is 90.0 cm³/mol. The van der Waals surface area contributed by atoms with Gasteiger partial charge in [-0.1, -0.05) is 12.3 Å². The van der Waals surface area contributed by atoms with Crippen LogP contribution in [0.25, 0.3) is 0 Å². The highest BCUT2D eigenvalue weighted by molar-refractivity contribution is 5.94. The molecular formula is C18H30O6. The first-order valence-corrected chi connectivity index (χ1v) is 8.65. The van der Waals surface area contributed by atoms with Crippen LogP contribution in [0.1, 0.15) is 53.4 Å². The lowest BCUT2D eigenvalue weighted by molar-refractivity contribution is -0.161. The monoisotopic (exact) mass is 342 g/mol. The highest BCUT2D eigenvalue weighted by Gasteiger charge is 2.28. The minimum atomic E-state index is -0.850. The van der Waals surface area contributed by atoms with Crippen LogP contribution in [0, 0.1) is 17.8 Å². The second-order valence-corrected chi connectivity index (χ2v) is 4.87. The van der Waals surface area contributed by atoms with Gasteiger partial charge < -0.3 is 18.9 Å². The summed E-state index contributed by atoms with van der Waals surface area (Å²) in [5.74, 6) is 4.04. The molecule has 0 aromatic heterocycles. The summed E-state index contributed by atoms with van der Waals surface area (Å²) >= 11 is 0. The molecule has 0 aliphatic carbocycles. The molecule has 0 N–H and O–H groups in total. The van der Waals surface area contributed by atoms with Crippen molar-refractivity contribution in [1.29, 1.82) is 0 Å². The fourth-order valence-corrected chi connectivity index (χ4v) is 1.97. The van der Waals surface area contributed by atoms with E-state index in [4.69, 9.17) is 18.9 Å². The zero-order valence-electron chi connectivity index (χ0n) is 15.3. The molecule has 0 rings (SSSR count). The van der Waals surface area contributed by atoms with E-state index in [1.807, 2.05) is 13.8 Å². The van der Waals surface area contributed by atoms with Crippen LogP contribution in [-0.4, -0.2) is 44.7 Å². The molecule has 0 spiro atoms. The molecule has 138 valence electrons. The molecule has 0 fully saturated rings. The quantitative estimate of drug-likeness (QED) is 0.179. The average molecular weight is 342 g/mol. The average Bonchev–Trinajstić information content (AvgIpc) is 2.54. The molecule has 6 nitrogen and oxygen atoms in total. The molecule has 0 heterocycles. The van der Waals surface area contributed by atoms with E-state index in [1.165, 1.54) is 0 Å². The first-order chi connectivity index (χ1) is 11.6. The Kier molecular flexibility index (Phi) is 14.0. The van der Waals surface area contributed by atoms with Crippen LogP contribution < -0.4 is 0 Å². The van der Waals surface area contributed by atoms with Crippen molar-refractivity contribution in [3.63, 3.8) is 0 Å². The van der Waals surface area contributed by atoms with Gasteiger partial charge >= 0.3 is 11.9 Å². The Morgan fingerprint density at radius 1 is 0.833 bits per heavy atom. The summed E-state index contributed by atoms with van der Waals surface area (Å²) in [6.07, 6.45) is 2.01. The molecule has 0 radical (unpaired) electrons. The zero-order valence-corrected chi connectivity index (χ0v) is 15.3. The van der Waals surface area contributed by atoms with Crippen molar-refractivity contribution in [3.8, 4) is 11.8 Å². The van der Waals surface area contributed by atoms with Crippen LogP contribution in [0.2, 0.25) is 0 Å². The third kappa shape index (κ3) is 10.2. The SMILES string of the molecule is CCOC(=O)C(CCCCC#CC(OCC)OCC)C(=O)OCC. The number of rotatable bonds is 12. The maximum atomic E-state index is 11.8. The molecule has 0 amide bonds. The molecule has 0 aromatic rings. The third-order valence-electron chi connectivity index (χ3n) is 3.04. The number of ether oxygens (including phenoxy) is 4. The van der Waals surface area contributed by atoms with Crippen LogP contribution in [0.5, 0.6) is 0 Å². The van der Waals surface area contributed by atoms with Gasteiger partial charge in [-0.3, -0.25) is 9.59 Å². The Labute approximate surface area is 145 Å². The Bertz CT molecular complexity index is 385. The van der Waals surface area contributed by atoms with Gasteiger partial charge in [0.25, 0.3) is 0 Å². The fraction of sp³-hybridized carbons (Fsp3) is 0.778. The summed E-state index contributed by atoms with van der Waals surface area (Å²) in [7, 11) is 0.